The fraction of sp³-hybridized carbons (Fsp3) is 0.500. The summed E-state index contributed by atoms with van der Waals surface area (Å²) < 4.78 is 51.1. The van der Waals surface area contributed by atoms with E-state index < -0.39 is 26.0 Å². The van der Waals surface area contributed by atoms with Gasteiger partial charge in [-0.2, -0.15) is 4.31 Å². The lowest BCUT2D eigenvalue weighted by molar-refractivity contribution is -0.116. The quantitative estimate of drug-likeness (QED) is 0.784. The number of anilines is 1. The molecule has 23 heavy (non-hydrogen) atoms. The largest absolute Gasteiger partial charge is 0.273 e. The highest BCUT2D eigenvalue weighted by atomic mass is 32.2. The predicted octanol–water partition coefficient (Wildman–Crippen LogP) is 1.09. The second kappa shape index (κ2) is 6.21. The molecule has 1 aliphatic rings. The van der Waals surface area contributed by atoms with Crippen molar-refractivity contribution in [2.75, 3.05) is 23.1 Å². The van der Waals surface area contributed by atoms with Crippen molar-refractivity contribution in [1.29, 1.82) is 0 Å². The molecule has 128 valence electrons. The minimum atomic E-state index is -3.66. The zero-order valence-electron chi connectivity index (χ0n) is 13.3. The summed E-state index contributed by atoms with van der Waals surface area (Å²) in [7, 11) is -7.29. The van der Waals surface area contributed by atoms with Gasteiger partial charge in [0, 0.05) is 19.5 Å². The van der Waals surface area contributed by atoms with Crippen LogP contribution in [0.1, 0.15) is 25.8 Å². The Labute approximate surface area is 137 Å². The van der Waals surface area contributed by atoms with Crippen molar-refractivity contribution in [3.63, 3.8) is 0 Å². The SMILES string of the molecule is CCN(CC)S(=O)(=O)c1ccc(N2C(=O)CCS2(=O)=O)cc1C. The van der Waals surface area contributed by atoms with E-state index in [1.807, 2.05) is 0 Å². The number of hydrogen-bond acceptors (Lipinski definition) is 5. The Kier molecular flexibility index (Phi) is 4.84. The third-order valence-electron chi connectivity index (χ3n) is 3.79. The molecule has 0 aliphatic carbocycles. The lowest BCUT2D eigenvalue weighted by atomic mass is 10.2. The molecule has 0 atom stereocenters. The number of aryl methyl sites for hydroxylation is 1. The van der Waals surface area contributed by atoms with Crippen molar-refractivity contribution in [3.05, 3.63) is 23.8 Å². The second-order valence-corrected chi connectivity index (χ2v) is 9.11. The Morgan fingerprint density at radius 1 is 1.22 bits per heavy atom. The number of nitrogens with zero attached hydrogens (tertiary/aromatic N) is 2. The average Bonchev–Trinajstić information content (AvgIpc) is 2.73. The van der Waals surface area contributed by atoms with Gasteiger partial charge in [-0.15, -0.1) is 0 Å². The average molecular weight is 360 g/mol. The molecule has 1 fully saturated rings. The molecular weight excluding hydrogens is 340 g/mol. The molecule has 0 aromatic heterocycles. The Hall–Kier alpha value is -1.45. The normalized spacial score (nSPS) is 17.9. The summed E-state index contributed by atoms with van der Waals surface area (Å²) in [6.07, 6.45) is -0.0547. The standard InChI is InChI=1S/C14H20N2O5S2/c1-4-15(5-2)23(20,21)13-7-6-12(10-11(13)3)16-14(17)8-9-22(16,18)19/h6-7,10H,4-5,8-9H2,1-3H3. The maximum Gasteiger partial charge on any atom is 0.243 e. The summed E-state index contributed by atoms with van der Waals surface area (Å²) in [6, 6.07) is 4.15. The van der Waals surface area contributed by atoms with E-state index in [4.69, 9.17) is 0 Å². The monoisotopic (exact) mass is 360 g/mol. The highest BCUT2D eigenvalue weighted by Crippen LogP contribution is 2.29. The predicted molar refractivity (Wildman–Crippen MR) is 87.2 cm³/mol. The first-order valence-electron chi connectivity index (χ1n) is 7.31. The van der Waals surface area contributed by atoms with Crippen LogP contribution in [-0.4, -0.2) is 45.9 Å². The van der Waals surface area contributed by atoms with Gasteiger partial charge in [-0.3, -0.25) is 4.79 Å². The van der Waals surface area contributed by atoms with Gasteiger partial charge in [0.1, 0.15) is 0 Å². The van der Waals surface area contributed by atoms with Gasteiger partial charge in [0.05, 0.1) is 16.3 Å². The first kappa shape index (κ1) is 17.9. The summed E-state index contributed by atoms with van der Waals surface area (Å²) in [5.41, 5.74) is 0.591. The molecule has 1 aromatic rings. The van der Waals surface area contributed by atoms with Crippen molar-refractivity contribution < 1.29 is 21.6 Å². The smallest absolute Gasteiger partial charge is 0.243 e. The van der Waals surface area contributed by atoms with Crippen LogP contribution in [0.25, 0.3) is 0 Å². The van der Waals surface area contributed by atoms with Crippen molar-refractivity contribution in [2.45, 2.75) is 32.1 Å². The van der Waals surface area contributed by atoms with E-state index in [0.29, 0.717) is 18.7 Å². The van der Waals surface area contributed by atoms with E-state index in [0.717, 1.165) is 4.31 Å². The van der Waals surface area contributed by atoms with E-state index in [-0.39, 0.29) is 22.8 Å². The maximum absolute atomic E-state index is 12.6. The summed E-state index contributed by atoms with van der Waals surface area (Å²) in [5, 5.41) is 0. The first-order valence-corrected chi connectivity index (χ1v) is 10.4. The minimum absolute atomic E-state index is 0.0547. The van der Waals surface area contributed by atoms with Crippen molar-refractivity contribution in [1.82, 2.24) is 4.31 Å². The Bertz CT molecular complexity index is 827. The molecule has 0 bridgehead atoms. The minimum Gasteiger partial charge on any atom is -0.273 e. The zero-order chi connectivity index (χ0) is 17.4. The van der Waals surface area contributed by atoms with Crippen LogP contribution >= 0.6 is 0 Å². The fourth-order valence-electron chi connectivity index (χ4n) is 2.62. The highest BCUT2D eigenvalue weighted by Gasteiger charge is 2.36. The van der Waals surface area contributed by atoms with E-state index in [1.165, 1.54) is 22.5 Å². The summed E-state index contributed by atoms with van der Waals surface area (Å²) in [4.78, 5) is 11.9. The van der Waals surface area contributed by atoms with Crippen LogP contribution in [0.5, 0.6) is 0 Å². The summed E-state index contributed by atoms with van der Waals surface area (Å²) in [6.45, 7) is 5.78. The number of carbonyl (C=O) groups is 1. The van der Waals surface area contributed by atoms with Crippen molar-refractivity contribution in [2.24, 2.45) is 0 Å². The Morgan fingerprint density at radius 3 is 2.26 bits per heavy atom. The number of rotatable bonds is 5. The molecule has 1 saturated heterocycles. The maximum atomic E-state index is 12.6. The van der Waals surface area contributed by atoms with Crippen LogP contribution in [0, 0.1) is 6.92 Å². The molecule has 1 heterocycles. The molecule has 0 spiro atoms. The molecule has 1 aliphatic heterocycles. The molecule has 2 rings (SSSR count). The molecule has 0 N–H and O–H groups in total. The van der Waals surface area contributed by atoms with Gasteiger partial charge in [-0.05, 0) is 30.7 Å². The van der Waals surface area contributed by atoms with Crippen LogP contribution in [-0.2, 0) is 24.8 Å². The molecule has 0 radical (unpaired) electrons. The van der Waals surface area contributed by atoms with Crippen LogP contribution in [0.2, 0.25) is 0 Å². The Morgan fingerprint density at radius 2 is 1.83 bits per heavy atom. The van der Waals surface area contributed by atoms with Crippen LogP contribution in [0.15, 0.2) is 23.1 Å². The number of benzene rings is 1. The van der Waals surface area contributed by atoms with Gasteiger partial charge >= 0.3 is 0 Å². The third kappa shape index (κ3) is 3.13. The topological polar surface area (TPSA) is 91.8 Å². The van der Waals surface area contributed by atoms with Crippen LogP contribution in [0.4, 0.5) is 5.69 Å². The third-order valence-corrected chi connectivity index (χ3v) is 7.70. The second-order valence-electron chi connectivity index (χ2n) is 5.26. The highest BCUT2D eigenvalue weighted by molar-refractivity contribution is 7.94. The lowest BCUT2D eigenvalue weighted by Gasteiger charge is -2.21. The number of hydrogen-bond donors (Lipinski definition) is 0. The van der Waals surface area contributed by atoms with Gasteiger partial charge < -0.3 is 0 Å². The molecule has 1 aromatic carbocycles. The van der Waals surface area contributed by atoms with Crippen molar-refractivity contribution in [3.8, 4) is 0 Å². The van der Waals surface area contributed by atoms with E-state index in [1.54, 1.807) is 20.8 Å². The van der Waals surface area contributed by atoms with Crippen LogP contribution in [0.3, 0.4) is 0 Å². The van der Waals surface area contributed by atoms with Gasteiger partial charge in [-0.25, -0.2) is 21.1 Å². The van der Waals surface area contributed by atoms with E-state index in [2.05, 4.69) is 0 Å². The van der Waals surface area contributed by atoms with E-state index >= 15 is 0 Å². The summed E-state index contributed by atoms with van der Waals surface area (Å²) >= 11 is 0. The Balaban J connectivity index is 2.49. The molecule has 0 unspecified atom stereocenters. The summed E-state index contributed by atoms with van der Waals surface area (Å²) in [5.74, 6) is -0.714. The van der Waals surface area contributed by atoms with Gasteiger partial charge in [0.25, 0.3) is 0 Å². The van der Waals surface area contributed by atoms with Crippen LogP contribution < -0.4 is 4.31 Å². The van der Waals surface area contributed by atoms with Gasteiger partial charge in [0.15, 0.2) is 0 Å². The fourth-order valence-corrected chi connectivity index (χ4v) is 5.74. The number of amides is 1. The van der Waals surface area contributed by atoms with E-state index in [9.17, 15) is 21.6 Å². The van der Waals surface area contributed by atoms with Crippen molar-refractivity contribution >= 4 is 31.6 Å². The molecule has 9 heteroatoms. The lowest BCUT2D eigenvalue weighted by Crippen LogP contribution is -2.32. The van der Waals surface area contributed by atoms with Gasteiger partial charge in [0.2, 0.25) is 26.0 Å². The molecular formula is C14H20N2O5S2. The number of sulfonamides is 2. The first-order chi connectivity index (χ1) is 10.6. The van der Waals surface area contributed by atoms with Gasteiger partial charge in [-0.1, -0.05) is 13.8 Å². The molecule has 7 nitrogen and oxygen atoms in total. The number of carbonyl (C=O) groups excluding carboxylic acids is 1. The molecule has 0 saturated carbocycles. The molecule has 1 amide bonds. The zero-order valence-corrected chi connectivity index (χ0v) is 14.9.